The van der Waals surface area contributed by atoms with E-state index < -0.39 is 0 Å². The molecule has 0 aliphatic heterocycles. The predicted molar refractivity (Wildman–Crippen MR) is 281 cm³/mol. The highest BCUT2D eigenvalue weighted by Gasteiger charge is 2.24. The lowest BCUT2D eigenvalue weighted by atomic mass is 9.98. The topological polar surface area (TPSA) is 48.5 Å². The van der Waals surface area contributed by atoms with E-state index in [2.05, 4.69) is 234 Å². The largest absolute Gasteiger partial charge is 0.307 e. The molecular weight excluding hydrogens is 827 g/mol. The Hall–Kier alpha value is -9.19. The quantitative estimate of drug-likeness (QED) is 0.153. The summed E-state index contributed by atoms with van der Waals surface area (Å²) < 4.78 is 4.73. The average molecular weight is 868 g/mol. The first-order valence-corrected chi connectivity index (χ1v) is 23.0. The van der Waals surface area contributed by atoms with E-state index >= 15 is 0 Å². The van der Waals surface area contributed by atoms with Crippen molar-refractivity contribution in [3.63, 3.8) is 0 Å². The Morgan fingerprint density at radius 1 is 0.250 bits per heavy atom. The fourth-order valence-corrected chi connectivity index (χ4v) is 10.0. The van der Waals surface area contributed by atoms with Gasteiger partial charge >= 0.3 is 0 Å². The van der Waals surface area contributed by atoms with Gasteiger partial charge in [0.25, 0.3) is 0 Å². The second-order valence-electron chi connectivity index (χ2n) is 17.2. The monoisotopic (exact) mass is 867 g/mol. The molecule has 0 amide bonds. The molecule has 0 aliphatic rings. The van der Waals surface area contributed by atoms with E-state index in [9.17, 15) is 0 Å². The molecule has 0 radical (unpaired) electrons. The summed E-state index contributed by atoms with van der Waals surface area (Å²) in [5.74, 6) is 1.75. The number of nitrogens with zero attached hydrogens (tertiary/aromatic N) is 5. The standard InChI is InChI=1S/C63H41N5/c1-4-18-42(19-5-1)44-34-36-45(37-35-44)48-25-17-27-50(41-48)62-64-61(46-22-8-3-9-23-46)65-63(66-62)68-58-33-15-12-30-53(58)55-39-38-54-52-29-11-14-32-57(52)67(59(54)60(55)68)56-31-13-10-28-51(56)49-26-16-24-47(40-49)43-20-6-2-7-21-43/h1-41H. The van der Waals surface area contributed by atoms with Gasteiger partial charge in [-0.05, 0) is 69.3 Å². The first-order chi connectivity index (χ1) is 33.7. The van der Waals surface area contributed by atoms with Crippen molar-refractivity contribution < 1.29 is 0 Å². The minimum Gasteiger partial charge on any atom is -0.307 e. The van der Waals surface area contributed by atoms with E-state index in [1.807, 2.05) is 24.3 Å². The van der Waals surface area contributed by atoms with Crippen molar-refractivity contribution in [3.8, 4) is 78.9 Å². The summed E-state index contributed by atoms with van der Waals surface area (Å²) in [4.78, 5) is 16.1. The molecule has 68 heavy (non-hydrogen) atoms. The van der Waals surface area contributed by atoms with Crippen molar-refractivity contribution in [3.05, 3.63) is 249 Å². The van der Waals surface area contributed by atoms with E-state index in [4.69, 9.17) is 15.0 Å². The summed E-state index contributed by atoms with van der Waals surface area (Å²) in [6.45, 7) is 0. The second kappa shape index (κ2) is 16.4. The van der Waals surface area contributed by atoms with Crippen LogP contribution in [0.15, 0.2) is 249 Å². The summed E-state index contributed by atoms with van der Waals surface area (Å²) in [6.07, 6.45) is 0. The maximum Gasteiger partial charge on any atom is 0.238 e. The molecule has 13 rings (SSSR count). The minimum atomic E-state index is 0.547. The number of benzene rings is 10. The van der Waals surface area contributed by atoms with Crippen molar-refractivity contribution in [2.45, 2.75) is 0 Å². The summed E-state index contributed by atoms with van der Waals surface area (Å²) in [7, 11) is 0. The van der Waals surface area contributed by atoms with Gasteiger partial charge in [0.15, 0.2) is 11.6 Å². The highest BCUT2D eigenvalue weighted by Crippen LogP contribution is 2.43. The number of aromatic nitrogens is 5. The Kier molecular flexibility index (Phi) is 9.43. The van der Waals surface area contributed by atoms with Crippen LogP contribution in [0.3, 0.4) is 0 Å². The van der Waals surface area contributed by atoms with Crippen LogP contribution in [0.5, 0.6) is 0 Å². The molecule has 0 spiro atoms. The first kappa shape index (κ1) is 39.2. The Balaban J connectivity index is 1.06. The van der Waals surface area contributed by atoms with E-state index in [-0.39, 0.29) is 0 Å². The van der Waals surface area contributed by atoms with Gasteiger partial charge in [0, 0.05) is 38.2 Å². The summed E-state index contributed by atoms with van der Waals surface area (Å²) in [5, 5.41) is 4.55. The molecule has 3 heterocycles. The van der Waals surface area contributed by atoms with Crippen LogP contribution in [0.1, 0.15) is 0 Å². The Labute approximate surface area is 393 Å². The average Bonchev–Trinajstić information content (AvgIpc) is 3.95. The molecule has 5 nitrogen and oxygen atoms in total. The number of hydrogen-bond donors (Lipinski definition) is 0. The van der Waals surface area contributed by atoms with Crippen LogP contribution < -0.4 is 0 Å². The van der Waals surface area contributed by atoms with Crippen molar-refractivity contribution in [2.24, 2.45) is 0 Å². The van der Waals surface area contributed by atoms with E-state index in [0.29, 0.717) is 17.6 Å². The van der Waals surface area contributed by atoms with Crippen molar-refractivity contribution in [1.29, 1.82) is 0 Å². The molecule has 0 atom stereocenters. The number of rotatable bonds is 8. The highest BCUT2D eigenvalue weighted by atomic mass is 15.2. The highest BCUT2D eigenvalue weighted by molar-refractivity contribution is 6.24. The van der Waals surface area contributed by atoms with Crippen LogP contribution in [0.25, 0.3) is 123 Å². The fourth-order valence-electron chi connectivity index (χ4n) is 10.0. The van der Waals surface area contributed by atoms with Crippen LogP contribution in [0, 0.1) is 0 Å². The SMILES string of the molecule is c1ccc(-c2ccc(-c3cccc(-c4nc(-c5ccccc5)nc(-n5c6ccccc6c6ccc7c8ccccc8n(-c8ccccc8-c8cccc(-c9ccccc9)c8)c7c65)n4)c3)cc2)cc1. The molecule has 0 N–H and O–H groups in total. The molecule has 3 aromatic heterocycles. The zero-order chi connectivity index (χ0) is 45.0. The van der Waals surface area contributed by atoms with Crippen molar-refractivity contribution >= 4 is 43.6 Å². The zero-order valence-electron chi connectivity index (χ0n) is 36.9. The Morgan fingerprint density at radius 3 is 1.29 bits per heavy atom. The van der Waals surface area contributed by atoms with Crippen LogP contribution in [-0.4, -0.2) is 24.1 Å². The Morgan fingerprint density at radius 2 is 0.662 bits per heavy atom. The third-order valence-electron chi connectivity index (χ3n) is 13.2. The maximum atomic E-state index is 5.46. The number of fused-ring (bicyclic) bond motifs is 7. The molecule has 0 saturated heterocycles. The van der Waals surface area contributed by atoms with Gasteiger partial charge in [-0.25, -0.2) is 4.98 Å². The smallest absolute Gasteiger partial charge is 0.238 e. The molecule has 0 bridgehead atoms. The molecule has 318 valence electrons. The summed E-state index contributed by atoms with van der Waals surface area (Å²) >= 11 is 0. The molecule has 0 aliphatic carbocycles. The fraction of sp³-hybridized carbons (Fsp3) is 0. The van der Waals surface area contributed by atoms with Gasteiger partial charge in [-0.3, -0.25) is 4.57 Å². The molecular formula is C63H41N5. The Bertz CT molecular complexity index is 4000. The minimum absolute atomic E-state index is 0.547. The molecule has 10 aromatic carbocycles. The molecule has 0 unspecified atom stereocenters. The molecule has 5 heteroatoms. The zero-order valence-corrected chi connectivity index (χ0v) is 36.9. The van der Waals surface area contributed by atoms with Gasteiger partial charge in [-0.2, -0.15) is 9.97 Å². The van der Waals surface area contributed by atoms with Gasteiger partial charge < -0.3 is 4.57 Å². The van der Waals surface area contributed by atoms with Gasteiger partial charge in [0.1, 0.15) is 0 Å². The third-order valence-corrected chi connectivity index (χ3v) is 13.2. The number of para-hydroxylation sites is 3. The van der Waals surface area contributed by atoms with Crippen LogP contribution in [-0.2, 0) is 0 Å². The van der Waals surface area contributed by atoms with Gasteiger partial charge in [-0.15, -0.1) is 0 Å². The van der Waals surface area contributed by atoms with Crippen molar-refractivity contribution in [2.75, 3.05) is 0 Å². The van der Waals surface area contributed by atoms with E-state index in [1.54, 1.807) is 0 Å². The number of hydrogen-bond acceptors (Lipinski definition) is 3. The third kappa shape index (κ3) is 6.68. The van der Waals surface area contributed by atoms with Gasteiger partial charge in [0.2, 0.25) is 5.95 Å². The van der Waals surface area contributed by atoms with E-state index in [1.165, 1.54) is 27.6 Å². The lowest BCUT2D eigenvalue weighted by Crippen LogP contribution is -2.07. The summed E-state index contributed by atoms with van der Waals surface area (Å²) in [6, 6.07) is 88.2. The molecule has 0 saturated carbocycles. The lowest BCUT2D eigenvalue weighted by Gasteiger charge is -2.16. The molecule has 13 aromatic rings. The first-order valence-electron chi connectivity index (χ1n) is 23.0. The lowest BCUT2D eigenvalue weighted by molar-refractivity contribution is 0.953. The second-order valence-corrected chi connectivity index (χ2v) is 17.2. The van der Waals surface area contributed by atoms with E-state index in [0.717, 1.165) is 77.3 Å². The van der Waals surface area contributed by atoms with Crippen molar-refractivity contribution in [1.82, 2.24) is 24.1 Å². The van der Waals surface area contributed by atoms with Crippen LogP contribution in [0.2, 0.25) is 0 Å². The van der Waals surface area contributed by atoms with Crippen LogP contribution >= 0.6 is 0 Å². The molecule has 0 fully saturated rings. The van der Waals surface area contributed by atoms with Gasteiger partial charge in [0.05, 0.1) is 27.8 Å². The maximum absolute atomic E-state index is 5.46. The summed E-state index contributed by atoms with van der Waals surface area (Å²) in [5.41, 5.74) is 16.4. The predicted octanol–water partition coefficient (Wildman–Crippen LogP) is 16.1. The van der Waals surface area contributed by atoms with Crippen LogP contribution in [0.4, 0.5) is 0 Å². The normalized spacial score (nSPS) is 11.5. The van der Waals surface area contributed by atoms with Gasteiger partial charge in [-0.1, -0.05) is 218 Å².